The van der Waals surface area contributed by atoms with E-state index in [-0.39, 0.29) is 11.9 Å². The van der Waals surface area contributed by atoms with Crippen molar-refractivity contribution in [1.29, 1.82) is 0 Å². The van der Waals surface area contributed by atoms with Gasteiger partial charge in [-0.1, -0.05) is 31.9 Å². The highest BCUT2D eigenvalue weighted by Gasteiger charge is 2.13. The van der Waals surface area contributed by atoms with Crippen LogP contribution in [-0.4, -0.2) is 23.4 Å². The van der Waals surface area contributed by atoms with Gasteiger partial charge in [0, 0.05) is 24.4 Å². The molecule has 0 saturated carbocycles. The fourth-order valence-corrected chi connectivity index (χ4v) is 2.08. The van der Waals surface area contributed by atoms with Gasteiger partial charge in [-0.3, -0.25) is 4.79 Å². The lowest BCUT2D eigenvalue weighted by Gasteiger charge is -2.25. The predicted molar refractivity (Wildman–Crippen MR) is 86.3 cm³/mol. The van der Waals surface area contributed by atoms with Crippen molar-refractivity contribution in [3.63, 3.8) is 0 Å². The first-order valence-electron chi connectivity index (χ1n) is 7.38. The van der Waals surface area contributed by atoms with Crippen LogP contribution in [-0.2, 0) is 4.79 Å². The van der Waals surface area contributed by atoms with Crippen LogP contribution < -0.4 is 5.73 Å². The number of nitrogens with zero attached hydrogens (tertiary/aromatic N) is 1. The third-order valence-electron chi connectivity index (χ3n) is 3.24. The van der Waals surface area contributed by atoms with Crippen molar-refractivity contribution in [3.05, 3.63) is 35.9 Å². The first kappa shape index (κ1) is 16.3. The maximum Gasteiger partial charge on any atom is 0.246 e. The van der Waals surface area contributed by atoms with Crippen LogP contribution in [0, 0.1) is 0 Å². The Morgan fingerprint density at radius 1 is 1.35 bits per heavy atom. The quantitative estimate of drug-likeness (QED) is 0.468. The summed E-state index contributed by atoms with van der Waals surface area (Å²) >= 11 is 0. The summed E-state index contributed by atoms with van der Waals surface area (Å²) in [6.07, 6.45) is 6.86. The first-order chi connectivity index (χ1) is 9.54. The fourth-order valence-electron chi connectivity index (χ4n) is 2.08. The second-order valence-electron chi connectivity index (χ2n) is 5.34. The lowest BCUT2D eigenvalue weighted by Crippen LogP contribution is -2.36. The molecule has 0 aliphatic heterocycles. The van der Waals surface area contributed by atoms with Crippen LogP contribution in [0.4, 0.5) is 5.69 Å². The number of nitrogens with two attached hydrogens (primary N) is 1. The largest absolute Gasteiger partial charge is 0.399 e. The van der Waals surface area contributed by atoms with Crippen LogP contribution in [0.25, 0.3) is 6.08 Å². The fraction of sp³-hybridized carbons (Fsp3) is 0.471. The van der Waals surface area contributed by atoms with Crippen molar-refractivity contribution >= 4 is 17.7 Å². The van der Waals surface area contributed by atoms with Crippen molar-refractivity contribution in [1.82, 2.24) is 4.90 Å². The molecule has 0 aliphatic carbocycles. The number of amides is 1. The number of carbonyl (C=O) groups excluding carboxylic acids is 1. The second kappa shape index (κ2) is 8.41. The Morgan fingerprint density at radius 2 is 2.10 bits per heavy atom. The highest BCUT2D eigenvalue weighted by atomic mass is 16.2. The molecule has 1 rings (SSSR count). The van der Waals surface area contributed by atoms with E-state index >= 15 is 0 Å². The van der Waals surface area contributed by atoms with E-state index in [0.717, 1.165) is 24.9 Å². The molecule has 0 atom stereocenters. The number of hydrogen-bond donors (Lipinski definition) is 1. The van der Waals surface area contributed by atoms with Gasteiger partial charge in [-0.2, -0.15) is 0 Å². The third-order valence-corrected chi connectivity index (χ3v) is 3.24. The van der Waals surface area contributed by atoms with Crippen molar-refractivity contribution in [2.24, 2.45) is 0 Å². The molecule has 0 heterocycles. The first-order valence-corrected chi connectivity index (χ1v) is 7.38. The number of carbonyl (C=O) groups is 1. The molecule has 0 fully saturated rings. The zero-order valence-electron chi connectivity index (χ0n) is 12.8. The molecule has 1 amide bonds. The zero-order chi connectivity index (χ0) is 15.0. The van der Waals surface area contributed by atoms with E-state index in [1.165, 1.54) is 6.42 Å². The molecule has 110 valence electrons. The summed E-state index contributed by atoms with van der Waals surface area (Å²) in [5.41, 5.74) is 7.39. The summed E-state index contributed by atoms with van der Waals surface area (Å²) in [6, 6.07) is 7.76. The average molecular weight is 274 g/mol. The Kier molecular flexibility index (Phi) is 6.85. The lowest BCUT2D eigenvalue weighted by atomic mass is 10.1. The molecule has 0 saturated heterocycles. The number of nitrogen functional groups attached to an aromatic ring is 1. The van der Waals surface area contributed by atoms with E-state index in [4.69, 9.17) is 5.73 Å². The summed E-state index contributed by atoms with van der Waals surface area (Å²) in [5.74, 6) is 0.0681. The molecule has 0 aromatic heterocycles. The summed E-state index contributed by atoms with van der Waals surface area (Å²) < 4.78 is 0. The Balaban J connectivity index is 2.65. The standard InChI is InChI=1S/C17H26N2O/c1-4-5-6-12-19(14(2)3)17(20)11-10-15-8-7-9-16(18)13-15/h7-11,13-14H,4-6,12,18H2,1-3H3/b11-10+. The van der Waals surface area contributed by atoms with Crippen LogP contribution in [0.1, 0.15) is 45.6 Å². The summed E-state index contributed by atoms with van der Waals surface area (Å²) in [7, 11) is 0. The Morgan fingerprint density at radius 3 is 2.70 bits per heavy atom. The van der Waals surface area contributed by atoms with Gasteiger partial charge >= 0.3 is 0 Å². The lowest BCUT2D eigenvalue weighted by molar-refractivity contribution is -0.127. The smallest absolute Gasteiger partial charge is 0.246 e. The monoisotopic (exact) mass is 274 g/mol. The van der Waals surface area contributed by atoms with E-state index in [1.54, 1.807) is 6.08 Å². The predicted octanol–water partition coefficient (Wildman–Crippen LogP) is 3.71. The van der Waals surface area contributed by atoms with Gasteiger partial charge in [-0.15, -0.1) is 0 Å². The van der Waals surface area contributed by atoms with Crippen molar-refractivity contribution in [2.75, 3.05) is 12.3 Å². The number of unbranched alkanes of at least 4 members (excludes halogenated alkanes) is 2. The van der Waals surface area contributed by atoms with Gasteiger partial charge in [0.1, 0.15) is 0 Å². The minimum Gasteiger partial charge on any atom is -0.399 e. The number of anilines is 1. The Labute approximate surface area is 122 Å². The molecule has 1 aromatic rings. The van der Waals surface area contributed by atoms with Crippen LogP contribution in [0.2, 0.25) is 0 Å². The molecule has 0 bridgehead atoms. The van der Waals surface area contributed by atoms with Crippen molar-refractivity contribution < 1.29 is 4.79 Å². The van der Waals surface area contributed by atoms with Crippen LogP contribution >= 0.6 is 0 Å². The minimum atomic E-state index is 0.0681. The summed E-state index contributed by atoms with van der Waals surface area (Å²) in [4.78, 5) is 14.2. The molecular weight excluding hydrogens is 248 g/mol. The van der Waals surface area contributed by atoms with E-state index in [2.05, 4.69) is 20.8 Å². The second-order valence-corrected chi connectivity index (χ2v) is 5.34. The van der Waals surface area contributed by atoms with Gasteiger partial charge in [-0.05, 0) is 44.0 Å². The van der Waals surface area contributed by atoms with Crippen molar-refractivity contribution in [2.45, 2.75) is 46.1 Å². The molecule has 0 unspecified atom stereocenters. The summed E-state index contributed by atoms with van der Waals surface area (Å²) in [5, 5.41) is 0. The van der Waals surface area contributed by atoms with E-state index in [9.17, 15) is 4.79 Å². The maximum absolute atomic E-state index is 12.2. The van der Waals surface area contributed by atoms with Gasteiger partial charge in [0.05, 0.1) is 0 Å². The molecule has 0 radical (unpaired) electrons. The van der Waals surface area contributed by atoms with Crippen molar-refractivity contribution in [3.8, 4) is 0 Å². The van der Waals surface area contributed by atoms with Crippen LogP contribution in [0.3, 0.4) is 0 Å². The molecular formula is C17H26N2O. The van der Waals surface area contributed by atoms with E-state index in [0.29, 0.717) is 5.69 Å². The van der Waals surface area contributed by atoms with Gasteiger partial charge < -0.3 is 10.6 Å². The normalized spacial score (nSPS) is 11.2. The molecule has 0 aliphatic rings. The Bertz CT molecular complexity index is 452. The van der Waals surface area contributed by atoms with Crippen LogP contribution in [0.15, 0.2) is 30.3 Å². The van der Waals surface area contributed by atoms with Gasteiger partial charge in [0.2, 0.25) is 5.91 Å². The van der Waals surface area contributed by atoms with Gasteiger partial charge in [-0.25, -0.2) is 0 Å². The maximum atomic E-state index is 12.2. The SMILES string of the molecule is CCCCCN(C(=O)/C=C/c1cccc(N)c1)C(C)C. The number of hydrogen-bond acceptors (Lipinski definition) is 2. The highest BCUT2D eigenvalue weighted by Crippen LogP contribution is 2.10. The van der Waals surface area contributed by atoms with Gasteiger partial charge in [0.25, 0.3) is 0 Å². The van der Waals surface area contributed by atoms with E-state index < -0.39 is 0 Å². The molecule has 3 heteroatoms. The highest BCUT2D eigenvalue weighted by molar-refractivity contribution is 5.92. The number of benzene rings is 1. The minimum absolute atomic E-state index is 0.0681. The average Bonchev–Trinajstić information content (AvgIpc) is 2.41. The van der Waals surface area contributed by atoms with Crippen LogP contribution in [0.5, 0.6) is 0 Å². The summed E-state index contributed by atoms with van der Waals surface area (Å²) in [6.45, 7) is 7.10. The molecule has 20 heavy (non-hydrogen) atoms. The Hall–Kier alpha value is -1.77. The van der Waals surface area contributed by atoms with E-state index in [1.807, 2.05) is 35.2 Å². The molecule has 0 spiro atoms. The zero-order valence-corrected chi connectivity index (χ0v) is 12.8. The third kappa shape index (κ3) is 5.47. The topological polar surface area (TPSA) is 46.3 Å². The van der Waals surface area contributed by atoms with Gasteiger partial charge in [0.15, 0.2) is 0 Å². The number of rotatable bonds is 7. The molecule has 3 nitrogen and oxygen atoms in total. The molecule has 1 aromatic carbocycles. The molecule has 2 N–H and O–H groups in total.